The van der Waals surface area contributed by atoms with Gasteiger partial charge in [-0.1, -0.05) is 11.3 Å². The van der Waals surface area contributed by atoms with Crippen molar-refractivity contribution in [3.05, 3.63) is 40.8 Å². The summed E-state index contributed by atoms with van der Waals surface area (Å²) in [6.45, 7) is 4.27. The van der Waals surface area contributed by atoms with Gasteiger partial charge in [-0.2, -0.15) is 10.2 Å². The summed E-state index contributed by atoms with van der Waals surface area (Å²) in [7, 11) is 0. The highest BCUT2D eigenvalue weighted by molar-refractivity contribution is 7.18. The zero-order valence-electron chi connectivity index (χ0n) is 12.1. The first-order valence-electron chi connectivity index (χ1n) is 6.80. The average Bonchev–Trinajstić information content (AvgIpc) is 2.91. The van der Waals surface area contributed by atoms with Crippen molar-refractivity contribution in [1.29, 1.82) is 5.26 Å². The second-order valence-electron chi connectivity index (χ2n) is 4.59. The number of aromatic nitrogens is 4. The number of pyridine rings is 1. The Morgan fingerprint density at radius 3 is 2.91 bits per heavy atom. The molecule has 7 heteroatoms. The van der Waals surface area contributed by atoms with E-state index in [4.69, 9.17) is 4.74 Å². The van der Waals surface area contributed by atoms with Gasteiger partial charge < -0.3 is 4.74 Å². The van der Waals surface area contributed by atoms with Gasteiger partial charge in [0.15, 0.2) is 0 Å². The van der Waals surface area contributed by atoms with Gasteiger partial charge in [0.05, 0.1) is 18.4 Å². The third kappa shape index (κ3) is 2.73. The van der Waals surface area contributed by atoms with Gasteiger partial charge in [0, 0.05) is 11.9 Å². The Balaban J connectivity index is 2.02. The molecule has 0 spiro atoms. The second-order valence-corrected chi connectivity index (χ2v) is 5.60. The topological polar surface area (TPSA) is 84.6 Å². The molecule has 3 aromatic rings. The van der Waals surface area contributed by atoms with Gasteiger partial charge >= 0.3 is 6.01 Å². The molecule has 0 bridgehead atoms. The van der Waals surface area contributed by atoms with Crippen LogP contribution in [0.4, 0.5) is 0 Å². The van der Waals surface area contributed by atoms with E-state index in [0.717, 1.165) is 16.0 Å². The molecule has 110 valence electrons. The summed E-state index contributed by atoms with van der Waals surface area (Å²) >= 11 is 1.41. The lowest BCUT2D eigenvalue weighted by atomic mass is 10.1. The minimum Gasteiger partial charge on any atom is -0.464 e. The van der Waals surface area contributed by atoms with E-state index in [0.29, 0.717) is 17.3 Å². The summed E-state index contributed by atoms with van der Waals surface area (Å²) in [4.78, 5) is 18.1. The van der Waals surface area contributed by atoms with Crippen LogP contribution in [0.1, 0.15) is 29.2 Å². The molecule has 1 atom stereocenters. The molecule has 6 nitrogen and oxygen atoms in total. The summed E-state index contributed by atoms with van der Waals surface area (Å²) in [5, 5.41) is 10.2. The minimum atomic E-state index is -0.554. The van der Waals surface area contributed by atoms with Gasteiger partial charge in [-0.25, -0.2) is 15.0 Å². The van der Waals surface area contributed by atoms with E-state index < -0.39 is 5.92 Å². The number of hydrogen-bond acceptors (Lipinski definition) is 7. The summed E-state index contributed by atoms with van der Waals surface area (Å²) in [6, 6.07) is 8.06. The molecular weight excluding hydrogens is 298 g/mol. The van der Waals surface area contributed by atoms with Gasteiger partial charge in [-0.3, -0.25) is 0 Å². The Labute approximate surface area is 131 Å². The van der Waals surface area contributed by atoms with E-state index in [1.807, 2.05) is 26.0 Å². The molecule has 3 rings (SSSR count). The van der Waals surface area contributed by atoms with Crippen molar-refractivity contribution in [2.75, 3.05) is 6.61 Å². The van der Waals surface area contributed by atoms with Crippen LogP contribution in [0.2, 0.25) is 0 Å². The van der Waals surface area contributed by atoms with E-state index in [9.17, 15) is 5.26 Å². The van der Waals surface area contributed by atoms with Crippen LogP contribution in [0.5, 0.6) is 6.01 Å². The number of hydrogen-bond donors (Lipinski definition) is 0. The highest BCUT2D eigenvalue weighted by atomic mass is 32.1. The monoisotopic (exact) mass is 311 g/mol. The smallest absolute Gasteiger partial charge is 0.316 e. The summed E-state index contributed by atoms with van der Waals surface area (Å²) in [5.74, 6) is -0.554. The maximum absolute atomic E-state index is 9.53. The molecule has 0 aliphatic heterocycles. The lowest BCUT2D eigenvalue weighted by Gasteiger charge is -2.06. The Kier molecular flexibility index (Phi) is 3.94. The largest absolute Gasteiger partial charge is 0.464 e. The fourth-order valence-corrected chi connectivity index (χ4v) is 3.05. The minimum absolute atomic E-state index is 0.273. The second kappa shape index (κ2) is 6.03. The Morgan fingerprint density at radius 2 is 2.14 bits per heavy atom. The predicted molar refractivity (Wildman–Crippen MR) is 82.8 cm³/mol. The first-order chi connectivity index (χ1) is 10.7. The van der Waals surface area contributed by atoms with Crippen LogP contribution in [0, 0.1) is 18.3 Å². The molecule has 0 aliphatic carbocycles. The number of nitrogens with zero attached hydrogens (tertiary/aromatic N) is 5. The molecule has 0 aliphatic rings. The quantitative estimate of drug-likeness (QED) is 0.736. The van der Waals surface area contributed by atoms with Gasteiger partial charge in [0.2, 0.25) is 0 Å². The van der Waals surface area contributed by atoms with Gasteiger partial charge in [0.1, 0.15) is 21.3 Å². The number of ether oxygens (including phenoxy) is 1. The zero-order chi connectivity index (χ0) is 15.5. The van der Waals surface area contributed by atoms with Gasteiger partial charge in [-0.15, -0.1) is 0 Å². The van der Waals surface area contributed by atoms with Crippen LogP contribution in [-0.2, 0) is 0 Å². The first kappa shape index (κ1) is 14.4. The van der Waals surface area contributed by atoms with Crippen molar-refractivity contribution in [3.8, 4) is 12.1 Å². The maximum atomic E-state index is 9.53. The van der Waals surface area contributed by atoms with Crippen LogP contribution >= 0.6 is 11.3 Å². The fraction of sp³-hybridized carbons (Fsp3) is 0.267. The van der Waals surface area contributed by atoms with Crippen molar-refractivity contribution >= 4 is 21.7 Å². The van der Waals surface area contributed by atoms with Crippen molar-refractivity contribution in [3.63, 3.8) is 0 Å². The molecular formula is C15H13N5OS. The normalized spacial score (nSPS) is 12.0. The van der Waals surface area contributed by atoms with Crippen molar-refractivity contribution in [1.82, 2.24) is 19.9 Å². The van der Waals surface area contributed by atoms with Crippen LogP contribution in [0.3, 0.4) is 0 Å². The van der Waals surface area contributed by atoms with Gasteiger partial charge in [0.25, 0.3) is 0 Å². The zero-order valence-corrected chi connectivity index (χ0v) is 13.0. The number of thiazole rings is 1. The number of nitriles is 1. The van der Waals surface area contributed by atoms with Crippen LogP contribution in [0.15, 0.2) is 24.4 Å². The SMILES string of the molecule is CCOc1nccc(C(C#N)c2nc3ccc(C)nc3s2)n1. The lowest BCUT2D eigenvalue weighted by molar-refractivity contribution is 0.311. The van der Waals surface area contributed by atoms with E-state index >= 15 is 0 Å². The fourth-order valence-electron chi connectivity index (χ4n) is 2.01. The molecule has 0 saturated heterocycles. The van der Waals surface area contributed by atoms with Crippen molar-refractivity contribution in [2.45, 2.75) is 19.8 Å². The average molecular weight is 311 g/mol. The van der Waals surface area contributed by atoms with E-state index in [-0.39, 0.29) is 6.01 Å². The summed E-state index contributed by atoms with van der Waals surface area (Å²) < 4.78 is 5.29. The van der Waals surface area contributed by atoms with E-state index in [2.05, 4.69) is 26.0 Å². The number of aryl methyl sites for hydroxylation is 1. The van der Waals surface area contributed by atoms with E-state index in [1.165, 1.54) is 11.3 Å². The Bertz CT molecular complexity index is 855. The number of fused-ring (bicyclic) bond motifs is 1. The predicted octanol–water partition coefficient (Wildman–Crippen LogP) is 2.84. The third-order valence-corrected chi connectivity index (χ3v) is 4.04. The number of rotatable bonds is 4. The molecule has 0 fully saturated rings. The van der Waals surface area contributed by atoms with Gasteiger partial charge in [-0.05, 0) is 32.0 Å². The molecule has 22 heavy (non-hydrogen) atoms. The molecule has 0 radical (unpaired) electrons. The standard InChI is InChI=1S/C15H13N5OS/c1-3-21-15-17-7-6-11(20-15)10(8-16)13-19-12-5-4-9(2)18-14(12)22-13/h4-7,10H,3H2,1-2H3. The van der Waals surface area contributed by atoms with Crippen molar-refractivity contribution < 1.29 is 4.74 Å². The summed E-state index contributed by atoms with van der Waals surface area (Å²) in [5.41, 5.74) is 2.30. The Morgan fingerprint density at radius 1 is 1.27 bits per heavy atom. The highest BCUT2D eigenvalue weighted by Gasteiger charge is 2.21. The first-order valence-corrected chi connectivity index (χ1v) is 7.62. The maximum Gasteiger partial charge on any atom is 0.316 e. The van der Waals surface area contributed by atoms with Crippen LogP contribution in [-0.4, -0.2) is 26.5 Å². The Hall–Kier alpha value is -2.59. The molecule has 3 aromatic heterocycles. The van der Waals surface area contributed by atoms with Crippen LogP contribution < -0.4 is 4.74 Å². The molecule has 0 amide bonds. The summed E-state index contributed by atoms with van der Waals surface area (Å²) in [6.07, 6.45) is 1.59. The van der Waals surface area contributed by atoms with Crippen molar-refractivity contribution in [2.24, 2.45) is 0 Å². The third-order valence-electron chi connectivity index (χ3n) is 3.01. The van der Waals surface area contributed by atoms with Crippen LogP contribution in [0.25, 0.3) is 10.3 Å². The molecule has 1 unspecified atom stereocenters. The molecule has 0 N–H and O–H groups in total. The highest BCUT2D eigenvalue weighted by Crippen LogP contribution is 2.30. The lowest BCUT2D eigenvalue weighted by Crippen LogP contribution is -2.04. The molecule has 3 heterocycles. The molecule has 0 saturated carbocycles. The molecule has 0 aromatic carbocycles. The van der Waals surface area contributed by atoms with E-state index in [1.54, 1.807) is 12.3 Å².